The highest BCUT2D eigenvalue weighted by molar-refractivity contribution is 7.16. The summed E-state index contributed by atoms with van der Waals surface area (Å²) in [6, 6.07) is 6.99. The molecule has 1 fully saturated rings. The van der Waals surface area contributed by atoms with Crippen LogP contribution in [0.5, 0.6) is 0 Å². The third kappa shape index (κ3) is 4.72. The van der Waals surface area contributed by atoms with Gasteiger partial charge in [0.15, 0.2) is 11.6 Å². The van der Waals surface area contributed by atoms with E-state index in [0.717, 1.165) is 36.1 Å². The van der Waals surface area contributed by atoms with Crippen molar-refractivity contribution in [2.45, 2.75) is 19.5 Å². The second-order valence-corrected chi connectivity index (χ2v) is 8.11. The van der Waals surface area contributed by atoms with Crippen LogP contribution in [0.15, 0.2) is 30.3 Å². The van der Waals surface area contributed by atoms with Crippen LogP contribution in [-0.2, 0) is 6.54 Å². The topological polar surface area (TPSA) is 35.6 Å². The molecule has 8 heteroatoms. The Labute approximate surface area is 160 Å². The fourth-order valence-corrected chi connectivity index (χ4v) is 4.04. The Kier molecular flexibility index (Phi) is 6.11. The molecule has 0 radical (unpaired) electrons. The Bertz CT molecular complexity index is 778. The molecule has 1 atom stereocenters. The predicted octanol–water partition coefficient (Wildman–Crippen LogP) is 4.27. The lowest BCUT2D eigenvalue weighted by Crippen LogP contribution is -2.51. The van der Waals surface area contributed by atoms with Gasteiger partial charge in [0.05, 0.1) is 10.4 Å². The van der Waals surface area contributed by atoms with Crippen LogP contribution < -0.4 is 5.32 Å². The molecule has 2 heterocycles. The number of halogens is 3. The quantitative estimate of drug-likeness (QED) is 0.833. The minimum Gasteiger partial charge on any atom is -0.331 e. The number of nitrogens with zero attached hydrogens (tertiary/aromatic N) is 2. The van der Waals surface area contributed by atoms with Gasteiger partial charge in [-0.25, -0.2) is 13.6 Å². The third-order valence-electron chi connectivity index (χ3n) is 4.45. The first-order valence-corrected chi connectivity index (χ1v) is 9.59. The zero-order valence-electron chi connectivity index (χ0n) is 14.3. The number of urea groups is 1. The summed E-state index contributed by atoms with van der Waals surface area (Å²) in [5, 5.41) is 2.84. The van der Waals surface area contributed by atoms with Gasteiger partial charge in [0, 0.05) is 37.6 Å². The molecule has 1 aliphatic rings. The zero-order chi connectivity index (χ0) is 18.7. The van der Waals surface area contributed by atoms with E-state index >= 15 is 0 Å². The molecule has 1 aromatic carbocycles. The molecule has 1 aromatic heterocycles. The van der Waals surface area contributed by atoms with Gasteiger partial charge < -0.3 is 10.2 Å². The van der Waals surface area contributed by atoms with Gasteiger partial charge in [0.2, 0.25) is 0 Å². The van der Waals surface area contributed by atoms with Crippen LogP contribution in [0.2, 0.25) is 4.34 Å². The van der Waals surface area contributed by atoms with Crippen molar-refractivity contribution in [1.82, 2.24) is 15.1 Å². The average molecular weight is 400 g/mol. The summed E-state index contributed by atoms with van der Waals surface area (Å²) >= 11 is 7.52. The highest BCUT2D eigenvalue weighted by Gasteiger charge is 2.23. The third-order valence-corrected chi connectivity index (χ3v) is 5.67. The number of nitrogens with one attached hydrogen (secondary N) is 1. The maximum atomic E-state index is 13.3. The number of amides is 2. The molecule has 2 aromatic rings. The first-order chi connectivity index (χ1) is 12.4. The summed E-state index contributed by atoms with van der Waals surface area (Å²) in [4.78, 5) is 17.7. The molecule has 2 amide bonds. The van der Waals surface area contributed by atoms with Crippen molar-refractivity contribution in [3.63, 3.8) is 0 Å². The van der Waals surface area contributed by atoms with Crippen LogP contribution in [0, 0.1) is 11.6 Å². The molecular weight excluding hydrogens is 380 g/mol. The molecule has 0 saturated carbocycles. The van der Waals surface area contributed by atoms with E-state index < -0.39 is 17.7 Å². The monoisotopic (exact) mass is 399 g/mol. The molecular formula is C18H20ClF2N3OS. The van der Waals surface area contributed by atoms with Crippen LogP contribution in [0.1, 0.15) is 23.4 Å². The first-order valence-electron chi connectivity index (χ1n) is 8.39. The summed E-state index contributed by atoms with van der Waals surface area (Å²) in [7, 11) is 0. The van der Waals surface area contributed by atoms with E-state index in [4.69, 9.17) is 11.6 Å². The van der Waals surface area contributed by atoms with Crippen molar-refractivity contribution >= 4 is 29.0 Å². The van der Waals surface area contributed by atoms with Crippen LogP contribution in [0.25, 0.3) is 0 Å². The van der Waals surface area contributed by atoms with E-state index in [1.54, 1.807) is 23.2 Å². The summed E-state index contributed by atoms with van der Waals surface area (Å²) in [5.74, 6) is -1.80. The Hall–Kier alpha value is -1.70. The van der Waals surface area contributed by atoms with Crippen molar-refractivity contribution in [3.05, 3.63) is 56.7 Å². The number of hydrogen-bond acceptors (Lipinski definition) is 3. The van der Waals surface area contributed by atoms with E-state index in [-0.39, 0.29) is 6.03 Å². The predicted molar refractivity (Wildman–Crippen MR) is 99.5 cm³/mol. The summed E-state index contributed by atoms with van der Waals surface area (Å²) in [5.41, 5.74) is 0.533. The minimum atomic E-state index is -0.911. The molecule has 4 nitrogen and oxygen atoms in total. The SMILES string of the molecule is CC(NC(=O)N1CCN(Cc2ccc(Cl)s2)CC1)c1ccc(F)c(F)c1. The number of thiophene rings is 1. The number of piperazine rings is 1. The molecule has 3 rings (SSSR count). The van der Waals surface area contributed by atoms with Gasteiger partial charge in [0.25, 0.3) is 0 Å². The van der Waals surface area contributed by atoms with Gasteiger partial charge in [-0.2, -0.15) is 0 Å². The van der Waals surface area contributed by atoms with Crippen molar-refractivity contribution in [1.29, 1.82) is 0 Å². The maximum Gasteiger partial charge on any atom is 0.317 e. The largest absolute Gasteiger partial charge is 0.331 e. The molecule has 1 unspecified atom stereocenters. The van der Waals surface area contributed by atoms with E-state index in [2.05, 4.69) is 10.2 Å². The number of benzene rings is 1. The number of hydrogen-bond donors (Lipinski definition) is 1. The Morgan fingerprint density at radius 2 is 1.92 bits per heavy atom. The lowest BCUT2D eigenvalue weighted by Gasteiger charge is -2.35. The summed E-state index contributed by atoms with van der Waals surface area (Å²) in [6.45, 7) is 5.38. The molecule has 0 bridgehead atoms. The highest BCUT2D eigenvalue weighted by Crippen LogP contribution is 2.23. The molecule has 1 saturated heterocycles. The van der Waals surface area contributed by atoms with Crippen molar-refractivity contribution < 1.29 is 13.6 Å². The van der Waals surface area contributed by atoms with E-state index in [0.29, 0.717) is 18.7 Å². The lowest BCUT2D eigenvalue weighted by atomic mass is 10.1. The molecule has 1 aliphatic heterocycles. The summed E-state index contributed by atoms with van der Waals surface area (Å²) < 4.78 is 27.2. The van der Waals surface area contributed by atoms with Gasteiger partial charge in [-0.1, -0.05) is 17.7 Å². The molecule has 140 valence electrons. The van der Waals surface area contributed by atoms with Crippen LogP contribution in [-0.4, -0.2) is 42.0 Å². The van der Waals surface area contributed by atoms with Crippen LogP contribution in [0.4, 0.5) is 13.6 Å². The van der Waals surface area contributed by atoms with Crippen LogP contribution >= 0.6 is 22.9 Å². The second kappa shape index (κ2) is 8.33. The van der Waals surface area contributed by atoms with E-state index in [1.807, 2.05) is 12.1 Å². The van der Waals surface area contributed by atoms with E-state index in [1.165, 1.54) is 10.9 Å². The number of rotatable bonds is 4. The average Bonchev–Trinajstić information content (AvgIpc) is 3.02. The van der Waals surface area contributed by atoms with Gasteiger partial charge in [-0.3, -0.25) is 4.90 Å². The van der Waals surface area contributed by atoms with Gasteiger partial charge >= 0.3 is 6.03 Å². The highest BCUT2D eigenvalue weighted by atomic mass is 35.5. The van der Waals surface area contributed by atoms with Gasteiger partial charge in [0.1, 0.15) is 0 Å². The van der Waals surface area contributed by atoms with E-state index in [9.17, 15) is 13.6 Å². The smallest absolute Gasteiger partial charge is 0.317 e. The first kappa shape index (κ1) is 19.1. The Morgan fingerprint density at radius 3 is 2.54 bits per heavy atom. The van der Waals surface area contributed by atoms with Crippen molar-refractivity contribution in [2.75, 3.05) is 26.2 Å². The Balaban J connectivity index is 1.49. The minimum absolute atomic E-state index is 0.193. The van der Waals surface area contributed by atoms with Crippen molar-refractivity contribution in [3.8, 4) is 0 Å². The van der Waals surface area contributed by atoms with Gasteiger partial charge in [-0.15, -0.1) is 11.3 Å². The number of carbonyl (C=O) groups is 1. The normalized spacial score (nSPS) is 16.5. The lowest BCUT2D eigenvalue weighted by molar-refractivity contribution is 0.134. The second-order valence-electron chi connectivity index (χ2n) is 6.31. The van der Waals surface area contributed by atoms with Crippen LogP contribution in [0.3, 0.4) is 0 Å². The summed E-state index contributed by atoms with van der Waals surface area (Å²) in [6.07, 6.45) is 0. The van der Waals surface area contributed by atoms with Crippen molar-refractivity contribution in [2.24, 2.45) is 0 Å². The Morgan fingerprint density at radius 1 is 1.19 bits per heavy atom. The fourth-order valence-electron chi connectivity index (χ4n) is 2.91. The fraction of sp³-hybridized carbons (Fsp3) is 0.389. The maximum absolute atomic E-state index is 13.3. The molecule has 0 spiro atoms. The number of carbonyl (C=O) groups excluding carboxylic acids is 1. The standard InChI is InChI=1S/C18H20ClF2N3OS/c1-12(13-2-4-15(20)16(21)10-13)22-18(25)24-8-6-23(7-9-24)11-14-3-5-17(19)26-14/h2-5,10,12H,6-9,11H2,1H3,(H,22,25). The molecule has 1 N–H and O–H groups in total. The zero-order valence-corrected chi connectivity index (χ0v) is 15.9. The van der Waals surface area contributed by atoms with Gasteiger partial charge in [-0.05, 0) is 36.8 Å². The molecule has 0 aliphatic carbocycles. The molecule has 26 heavy (non-hydrogen) atoms.